The SMILES string of the molecule is Br.Br.Br.CN(C)c1ccncc1. The summed E-state index contributed by atoms with van der Waals surface area (Å²) in [7, 11) is 4.02. The smallest absolute Gasteiger partial charge is 0.0391 e. The molecule has 0 radical (unpaired) electrons. The lowest BCUT2D eigenvalue weighted by Gasteiger charge is -2.10. The number of hydrogen-bond donors (Lipinski definition) is 0. The molecule has 1 aromatic rings. The molecule has 0 aliphatic heterocycles. The number of anilines is 1. The highest BCUT2D eigenvalue weighted by molar-refractivity contribution is 8.93. The Kier molecular flexibility index (Phi) is 14.4. The van der Waals surface area contributed by atoms with Crippen LogP contribution < -0.4 is 4.90 Å². The molecule has 0 N–H and O–H groups in total. The Balaban J connectivity index is -0.000000270. The summed E-state index contributed by atoms with van der Waals surface area (Å²) in [5, 5.41) is 0. The maximum atomic E-state index is 3.90. The van der Waals surface area contributed by atoms with Crippen LogP contribution in [0.25, 0.3) is 0 Å². The van der Waals surface area contributed by atoms with Gasteiger partial charge in [0.2, 0.25) is 0 Å². The van der Waals surface area contributed by atoms with Crippen molar-refractivity contribution < 1.29 is 0 Å². The molecule has 0 unspecified atom stereocenters. The third kappa shape index (κ3) is 5.97. The van der Waals surface area contributed by atoms with E-state index in [9.17, 15) is 0 Å². The molecule has 0 amide bonds. The van der Waals surface area contributed by atoms with E-state index < -0.39 is 0 Å². The minimum atomic E-state index is 0. The molecule has 1 aromatic heterocycles. The molecule has 0 saturated carbocycles. The standard InChI is InChI=1S/C7H10N2.3BrH/c1-9(2)7-3-5-8-6-4-7;;;/h3-6H,1-2H3;3*1H. The van der Waals surface area contributed by atoms with E-state index in [1.807, 2.05) is 31.1 Å². The lowest BCUT2D eigenvalue weighted by molar-refractivity contribution is 1.12. The van der Waals surface area contributed by atoms with Crippen LogP contribution in [-0.2, 0) is 0 Å². The molecular weight excluding hydrogens is 352 g/mol. The van der Waals surface area contributed by atoms with Gasteiger partial charge in [-0.3, -0.25) is 4.98 Å². The van der Waals surface area contributed by atoms with Gasteiger partial charge in [-0.25, -0.2) is 0 Å². The first-order chi connectivity index (χ1) is 4.30. The van der Waals surface area contributed by atoms with Crippen LogP contribution in [0.5, 0.6) is 0 Å². The Morgan fingerprint density at radius 3 is 1.67 bits per heavy atom. The van der Waals surface area contributed by atoms with Crippen LogP contribution >= 0.6 is 50.9 Å². The second-order valence-corrected chi connectivity index (χ2v) is 2.10. The first kappa shape index (κ1) is 18.2. The fourth-order valence-electron chi connectivity index (χ4n) is 0.642. The van der Waals surface area contributed by atoms with E-state index in [0.717, 1.165) is 0 Å². The van der Waals surface area contributed by atoms with Crippen molar-refractivity contribution in [2.24, 2.45) is 0 Å². The summed E-state index contributed by atoms with van der Waals surface area (Å²) in [5.41, 5.74) is 1.19. The molecule has 0 aromatic carbocycles. The monoisotopic (exact) mass is 362 g/mol. The molecule has 5 heteroatoms. The molecule has 2 nitrogen and oxygen atoms in total. The summed E-state index contributed by atoms with van der Waals surface area (Å²) in [6, 6.07) is 3.94. The van der Waals surface area contributed by atoms with Crippen molar-refractivity contribution in [2.75, 3.05) is 19.0 Å². The van der Waals surface area contributed by atoms with Gasteiger partial charge in [-0.2, -0.15) is 0 Å². The molecule has 0 aliphatic rings. The molecule has 72 valence electrons. The van der Waals surface area contributed by atoms with Gasteiger partial charge in [0.25, 0.3) is 0 Å². The molecule has 0 saturated heterocycles. The maximum Gasteiger partial charge on any atom is 0.0391 e. The quantitative estimate of drug-likeness (QED) is 0.761. The van der Waals surface area contributed by atoms with Crippen molar-refractivity contribution in [3.63, 3.8) is 0 Å². The second-order valence-electron chi connectivity index (χ2n) is 2.10. The lowest BCUT2D eigenvalue weighted by Crippen LogP contribution is -2.07. The number of rotatable bonds is 1. The summed E-state index contributed by atoms with van der Waals surface area (Å²) in [6.45, 7) is 0. The second kappa shape index (κ2) is 9.48. The van der Waals surface area contributed by atoms with Crippen molar-refractivity contribution in [1.82, 2.24) is 4.98 Å². The topological polar surface area (TPSA) is 16.1 Å². The van der Waals surface area contributed by atoms with Gasteiger partial charge in [-0.15, -0.1) is 50.9 Å². The molecule has 0 atom stereocenters. The van der Waals surface area contributed by atoms with E-state index in [4.69, 9.17) is 0 Å². The van der Waals surface area contributed by atoms with Gasteiger partial charge in [-0.1, -0.05) is 0 Å². The van der Waals surface area contributed by atoms with Gasteiger partial charge in [0, 0.05) is 32.2 Å². The lowest BCUT2D eigenvalue weighted by atomic mass is 10.4. The van der Waals surface area contributed by atoms with Crippen molar-refractivity contribution in [2.45, 2.75) is 0 Å². The van der Waals surface area contributed by atoms with Crippen molar-refractivity contribution in [1.29, 1.82) is 0 Å². The van der Waals surface area contributed by atoms with Crippen molar-refractivity contribution >= 4 is 56.6 Å². The minimum Gasteiger partial charge on any atom is -0.378 e. The van der Waals surface area contributed by atoms with E-state index in [1.54, 1.807) is 12.4 Å². The fourth-order valence-corrected chi connectivity index (χ4v) is 0.642. The van der Waals surface area contributed by atoms with Crippen LogP contribution in [0.4, 0.5) is 5.69 Å². The minimum absolute atomic E-state index is 0. The first-order valence-electron chi connectivity index (χ1n) is 2.88. The summed E-state index contributed by atoms with van der Waals surface area (Å²) in [4.78, 5) is 5.94. The third-order valence-corrected chi connectivity index (χ3v) is 1.18. The van der Waals surface area contributed by atoms with Crippen LogP contribution in [0.3, 0.4) is 0 Å². The highest BCUT2D eigenvalue weighted by Gasteiger charge is 1.88. The highest BCUT2D eigenvalue weighted by atomic mass is 79.9. The predicted octanol–water partition coefficient (Wildman–Crippen LogP) is 2.88. The number of pyridine rings is 1. The number of halogens is 3. The van der Waals surface area contributed by atoms with Gasteiger partial charge in [0.15, 0.2) is 0 Å². The number of hydrogen-bond acceptors (Lipinski definition) is 2. The average molecular weight is 365 g/mol. The number of nitrogens with zero attached hydrogens (tertiary/aromatic N) is 2. The van der Waals surface area contributed by atoms with Crippen molar-refractivity contribution in [3.8, 4) is 0 Å². The van der Waals surface area contributed by atoms with Crippen LogP contribution in [0.2, 0.25) is 0 Å². The Hall–Kier alpha value is 0.390. The van der Waals surface area contributed by atoms with Crippen LogP contribution in [-0.4, -0.2) is 19.1 Å². The summed E-state index contributed by atoms with van der Waals surface area (Å²) in [5.74, 6) is 0. The normalized spacial score (nSPS) is 6.83. The Bertz CT molecular complexity index is 179. The largest absolute Gasteiger partial charge is 0.378 e. The van der Waals surface area contributed by atoms with Gasteiger partial charge >= 0.3 is 0 Å². The van der Waals surface area contributed by atoms with E-state index in [0.29, 0.717) is 0 Å². The van der Waals surface area contributed by atoms with Gasteiger partial charge in [0.05, 0.1) is 0 Å². The molecule has 12 heavy (non-hydrogen) atoms. The fraction of sp³-hybridized carbons (Fsp3) is 0.286. The van der Waals surface area contributed by atoms with Crippen LogP contribution in [0.1, 0.15) is 0 Å². The van der Waals surface area contributed by atoms with E-state index in [1.165, 1.54) is 5.69 Å². The Morgan fingerprint density at radius 1 is 1.00 bits per heavy atom. The molecule has 1 heterocycles. The maximum absolute atomic E-state index is 3.90. The summed E-state index contributed by atoms with van der Waals surface area (Å²) in [6.07, 6.45) is 3.57. The molecule has 0 fully saturated rings. The molecular formula is C7H13Br3N2. The summed E-state index contributed by atoms with van der Waals surface area (Å²) >= 11 is 0. The van der Waals surface area contributed by atoms with E-state index in [2.05, 4.69) is 4.98 Å². The van der Waals surface area contributed by atoms with Gasteiger partial charge < -0.3 is 4.90 Å². The van der Waals surface area contributed by atoms with Crippen molar-refractivity contribution in [3.05, 3.63) is 24.5 Å². The van der Waals surface area contributed by atoms with E-state index >= 15 is 0 Å². The van der Waals surface area contributed by atoms with Crippen LogP contribution in [0, 0.1) is 0 Å². The zero-order chi connectivity index (χ0) is 6.69. The van der Waals surface area contributed by atoms with Gasteiger partial charge in [0.1, 0.15) is 0 Å². The first-order valence-corrected chi connectivity index (χ1v) is 2.88. The zero-order valence-electron chi connectivity index (χ0n) is 6.93. The molecule has 0 spiro atoms. The highest BCUT2D eigenvalue weighted by Crippen LogP contribution is 2.05. The molecule has 1 rings (SSSR count). The molecule has 0 bridgehead atoms. The number of aromatic nitrogens is 1. The zero-order valence-corrected chi connectivity index (χ0v) is 12.1. The average Bonchev–Trinajstić information content (AvgIpc) is 1.90. The Labute approximate surface area is 105 Å². The van der Waals surface area contributed by atoms with E-state index in [-0.39, 0.29) is 50.9 Å². The van der Waals surface area contributed by atoms with Crippen LogP contribution in [0.15, 0.2) is 24.5 Å². The third-order valence-electron chi connectivity index (χ3n) is 1.18. The predicted molar refractivity (Wildman–Crippen MR) is 69.5 cm³/mol. The Morgan fingerprint density at radius 2 is 1.42 bits per heavy atom. The van der Waals surface area contributed by atoms with Gasteiger partial charge in [-0.05, 0) is 12.1 Å². The molecule has 0 aliphatic carbocycles. The summed E-state index contributed by atoms with van der Waals surface area (Å²) < 4.78 is 0.